The van der Waals surface area contributed by atoms with Crippen molar-refractivity contribution >= 4 is 0 Å². The summed E-state index contributed by atoms with van der Waals surface area (Å²) in [4.78, 5) is 0. The van der Waals surface area contributed by atoms with Crippen LogP contribution in [0.15, 0.2) is 18.2 Å². The number of alkyl halides is 2. The average molecular weight is 283 g/mol. The molecule has 1 unspecified atom stereocenters. The van der Waals surface area contributed by atoms with E-state index in [-0.39, 0.29) is 18.8 Å². The molecule has 1 aliphatic carbocycles. The van der Waals surface area contributed by atoms with Gasteiger partial charge in [0.15, 0.2) is 0 Å². The lowest BCUT2D eigenvalue weighted by atomic mass is 10.1. The van der Waals surface area contributed by atoms with Crippen LogP contribution in [0.5, 0.6) is 11.5 Å². The van der Waals surface area contributed by atoms with E-state index >= 15 is 0 Å². The predicted octanol–water partition coefficient (Wildman–Crippen LogP) is 2.98. The van der Waals surface area contributed by atoms with Gasteiger partial charge in [0, 0.05) is 37.6 Å². The van der Waals surface area contributed by atoms with Gasteiger partial charge in [-0.05, 0) is 18.4 Å². The Morgan fingerprint density at radius 3 is 3.10 bits per heavy atom. The minimum atomic E-state index is -2.50. The summed E-state index contributed by atoms with van der Waals surface area (Å²) in [6.07, 6.45) is 0.469. The van der Waals surface area contributed by atoms with Crippen LogP contribution in [0.4, 0.5) is 8.78 Å². The largest absolute Gasteiger partial charge is 0.493 e. The molecular weight excluding hydrogens is 264 g/mol. The van der Waals surface area contributed by atoms with Crippen molar-refractivity contribution in [3.8, 4) is 11.5 Å². The second kappa shape index (κ2) is 5.56. The van der Waals surface area contributed by atoms with Crippen LogP contribution >= 0.6 is 0 Å². The highest BCUT2D eigenvalue weighted by molar-refractivity contribution is 5.41. The van der Waals surface area contributed by atoms with Gasteiger partial charge in [0.1, 0.15) is 18.1 Å². The molecule has 5 heteroatoms. The van der Waals surface area contributed by atoms with E-state index in [1.165, 1.54) is 0 Å². The molecule has 1 fully saturated rings. The van der Waals surface area contributed by atoms with Crippen LogP contribution in [0.25, 0.3) is 0 Å². The molecule has 0 amide bonds. The van der Waals surface area contributed by atoms with Crippen LogP contribution in [0.1, 0.15) is 24.8 Å². The second-order valence-corrected chi connectivity index (χ2v) is 5.57. The third-order valence-electron chi connectivity index (χ3n) is 3.88. The third kappa shape index (κ3) is 3.20. The van der Waals surface area contributed by atoms with Gasteiger partial charge in [0.25, 0.3) is 0 Å². The molecule has 0 saturated heterocycles. The van der Waals surface area contributed by atoms with Crippen molar-refractivity contribution in [2.45, 2.75) is 31.7 Å². The van der Waals surface area contributed by atoms with E-state index in [1.807, 2.05) is 18.2 Å². The fraction of sp³-hybridized carbons (Fsp3) is 0.600. The van der Waals surface area contributed by atoms with Crippen molar-refractivity contribution in [1.29, 1.82) is 0 Å². The Balaban J connectivity index is 1.59. The van der Waals surface area contributed by atoms with E-state index in [0.29, 0.717) is 25.4 Å². The first-order chi connectivity index (χ1) is 9.62. The van der Waals surface area contributed by atoms with Crippen LogP contribution in [0.3, 0.4) is 0 Å². The minimum absolute atomic E-state index is 0.0139. The van der Waals surface area contributed by atoms with Gasteiger partial charge in [-0.25, -0.2) is 8.78 Å². The van der Waals surface area contributed by atoms with Gasteiger partial charge < -0.3 is 14.8 Å². The van der Waals surface area contributed by atoms with Crippen LogP contribution in [0, 0.1) is 5.92 Å². The molecule has 1 aliphatic heterocycles. The number of fused-ring (bicyclic) bond motifs is 1. The molecule has 1 saturated carbocycles. The molecule has 1 aromatic carbocycles. The number of ether oxygens (including phenoxy) is 2. The summed E-state index contributed by atoms with van der Waals surface area (Å²) >= 11 is 0. The van der Waals surface area contributed by atoms with Gasteiger partial charge in [-0.1, -0.05) is 6.07 Å². The SMILES string of the molecule is FC1(F)CCC(COc2ccc3c(c2)OCCNC3)C1. The Labute approximate surface area is 117 Å². The summed E-state index contributed by atoms with van der Waals surface area (Å²) in [7, 11) is 0. The Bertz CT molecular complexity index is 479. The van der Waals surface area contributed by atoms with Gasteiger partial charge in [-0.15, -0.1) is 0 Å². The highest BCUT2D eigenvalue weighted by atomic mass is 19.3. The Hall–Kier alpha value is -1.36. The van der Waals surface area contributed by atoms with E-state index in [2.05, 4.69) is 5.32 Å². The Kier molecular flexibility index (Phi) is 3.78. The first kappa shape index (κ1) is 13.6. The molecule has 2 aliphatic rings. The maximum absolute atomic E-state index is 13.1. The van der Waals surface area contributed by atoms with Crippen molar-refractivity contribution in [2.24, 2.45) is 5.92 Å². The maximum atomic E-state index is 13.1. The zero-order chi connectivity index (χ0) is 14.0. The van der Waals surface area contributed by atoms with Crippen LogP contribution < -0.4 is 14.8 Å². The molecule has 110 valence electrons. The van der Waals surface area contributed by atoms with Crippen LogP contribution in [-0.2, 0) is 6.54 Å². The lowest BCUT2D eigenvalue weighted by Crippen LogP contribution is -2.16. The van der Waals surface area contributed by atoms with Crippen LogP contribution in [0.2, 0.25) is 0 Å². The summed E-state index contributed by atoms with van der Waals surface area (Å²) in [6.45, 7) is 2.59. The maximum Gasteiger partial charge on any atom is 0.248 e. The molecule has 1 atom stereocenters. The van der Waals surface area contributed by atoms with E-state index in [0.717, 1.165) is 24.4 Å². The topological polar surface area (TPSA) is 30.5 Å². The van der Waals surface area contributed by atoms with Gasteiger partial charge in [-0.3, -0.25) is 0 Å². The number of rotatable bonds is 3. The highest BCUT2D eigenvalue weighted by Gasteiger charge is 2.39. The lowest BCUT2D eigenvalue weighted by Gasteiger charge is -2.14. The number of benzene rings is 1. The first-order valence-corrected chi connectivity index (χ1v) is 7.09. The molecule has 0 spiro atoms. The van der Waals surface area contributed by atoms with Gasteiger partial charge in [-0.2, -0.15) is 0 Å². The predicted molar refractivity (Wildman–Crippen MR) is 71.4 cm³/mol. The van der Waals surface area contributed by atoms with Gasteiger partial charge in [0.2, 0.25) is 5.92 Å². The van der Waals surface area contributed by atoms with E-state index < -0.39 is 5.92 Å². The number of nitrogens with one attached hydrogen (secondary N) is 1. The zero-order valence-electron chi connectivity index (χ0n) is 11.3. The Morgan fingerprint density at radius 1 is 1.40 bits per heavy atom. The van der Waals surface area contributed by atoms with E-state index in [4.69, 9.17) is 9.47 Å². The first-order valence-electron chi connectivity index (χ1n) is 7.09. The van der Waals surface area contributed by atoms with Gasteiger partial charge >= 0.3 is 0 Å². The number of hydrogen-bond acceptors (Lipinski definition) is 3. The standard InChI is InChI=1S/C15H19F2NO2/c16-15(17)4-3-11(8-15)10-20-13-2-1-12-9-18-5-6-19-14(12)7-13/h1-2,7,11,18H,3-6,8-10H2. The highest BCUT2D eigenvalue weighted by Crippen LogP contribution is 2.39. The van der Waals surface area contributed by atoms with Crippen molar-refractivity contribution in [3.05, 3.63) is 23.8 Å². The summed E-state index contributed by atoms with van der Waals surface area (Å²) in [5, 5.41) is 3.26. The molecule has 1 heterocycles. The fourth-order valence-electron chi connectivity index (χ4n) is 2.76. The molecule has 0 radical (unpaired) electrons. The molecule has 1 aromatic rings. The summed E-state index contributed by atoms with van der Waals surface area (Å²) in [5.41, 5.74) is 1.10. The Morgan fingerprint density at radius 2 is 2.30 bits per heavy atom. The second-order valence-electron chi connectivity index (χ2n) is 5.57. The monoisotopic (exact) mass is 283 g/mol. The average Bonchev–Trinajstić information content (AvgIpc) is 2.63. The molecule has 20 heavy (non-hydrogen) atoms. The molecular formula is C15H19F2NO2. The van der Waals surface area contributed by atoms with E-state index in [1.54, 1.807) is 0 Å². The fourth-order valence-corrected chi connectivity index (χ4v) is 2.76. The number of halogens is 2. The number of hydrogen-bond donors (Lipinski definition) is 1. The van der Waals surface area contributed by atoms with E-state index in [9.17, 15) is 8.78 Å². The van der Waals surface area contributed by atoms with Crippen molar-refractivity contribution in [3.63, 3.8) is 0 Å². The van der Waals surface area contributed by atoms with Gasteiger partial charge in [0.05, 0.1) is 6.61 Å². The lowest BCUT2D eigenvalue weighted by molar-refractivity contribution is 0.00291. The molecule has 3 rings (SSSR count). The smallest absolute Gasteiger partial charge is 0.248 e. The van der Waals surface area contributed by atoms with Crippen molar-refractivity contribution in [1.82, 2.24) is 5.32 Å². The van der Waals surface area contributed by atoms with Crippen molar-refractivity contribution in [2.75, 3.05) is 19.8 Å². The zero-order valence-corrected chi connectivity index (χ0v) is 11.3. The van der Waals surface area contributed by atoms with Crippen LogP contribution in [-0.4, -0.2) is 25.7 Å². The normalized spacial score (nSPS) is 24.6. The summed E-state index contributed by atoms with van der Waals surface area (Å²) in [5.74, 6) is -1.03. The molecule has 0 bridgehead atoms. The molecule has 1 N–H and O–H groups in total. The molecule has 0 aromatic heterocycles. The third-order valence-corrected chi connectivity index (χ3v) is 3.88. The molecule has 3 nitrogen and oxygen atoms in total. The minimum Gasteiger partial charge on any atom is -0.493 e. The van der Waals surface area contributed by atoms with Crippen molar-refractivity contribution < 1.29 is 18.3 Å². The summed E-state index contributed by atoms with van der Waals surface area (Å²) < 4.78 is 37.5. The summed E-state index contributed by atoms with van der Waals surface area (Å²) in [6, 6.07) is 5.70. The quantitative estimate of drug-likeness (QED) is 0.925.